The molecule has 1 saturated heterocycles. The van der Waals surface area contributed by atoms with Crippen LogP contribution in [0.5, 0.6) is 0 Å². The van der Waals surface area contributed by atoms with Crippen LogP contribution in [0.1, 0.15) is 20.8 Å². The molecular formula is C12H22N2O4. The third-order valence-electron chi connectivity index (χ3n) is 2.98. The minimum Gasteiger partial charge on any atom is -0.394 e. The fourth-order valence-corrected chi connectivity index (χ4v) is 1.67. The summed E-state index contributed by atoms with van der Waals surface area (Å²) in [6.45, 7) is 6.65. The van der Waals surface area contributed by atoms with Crippen molar-refractivity contribution >= 4 is 11.8 Å². The number of ether oxygens (including phenoxy) is 1. The molecule has 2 N–H and O–H groups in total. The summed E-state index contributed by atoms with van der Waals surface area (Å²) < 4.78 is 4.99. The van der Waals surface area contributed by atoms with Crippen LogP contribution in [0.3, 0.4) is 0 Å². The number of hydrogen-bond donors (Lipinski definition) is 2. The maximum atomic E-state index is 11.8. The molecule has 0 saturated carbocycles. The van der Waals surface area contributed by atoms with E-state index in [2.05, 4.69) is 5.32 Å². The van der Waals surface area contributed by atoms with Crippen LogP contribution < -0.4 is 5.32 Å². The summed E-state index contributed by atoms with van der Waals surface area (Å²) >= 11 is 0. The average molecular weight is 258 g/mol. The molecule has 1 aliphatic rings. The quantitative estimate of drug-likeness (QED) is 0.703. The van der Waals surface area contributed by atoms with Crippen molar-refractivity contribution in [1.82, 2.24) is 10.2 Å². The zero-order chi connectivity index (χ0) is 13.8. The molecule has 0 bridgehead atoms. The lowest BCUT2D eigenvalue weighted by Crippen LogP contribution is -2.52. The summed E-state index contributed by atoms with van der Waals surface area (Å²) in [5.74, 6) is -0.424. The molecule has 1 atom stereocenters. The second-order valence-corrected chi connectivity index (χ2v) is 5.54. The Balaban J connectivity index is 2.47. The Kier molecular flexibility index (Phi) is 5.10. The van der Waals surface area contributed by atoms with Gasteiger partial charge in [-0.15, -0.1) is 0 Å². The van der Waals surface area contributed by atoms with Gasteiger partial charge in [0.2, 0.25) is 11.8 Å². The first-order valence-corrected chi connectivity index (χ1v) is 6.10. The van der Waals surface area contributed by atoms with E-state index in [1.807, 2.05) is 20.8 Å². The number of nitrogens with zero attached hydrogens (tertiary/aromatic N) is 1. The second-order valence-electron chi connectivity index (χ2n) is 5.54. The Morgan fingerprint density at radius 1 is 1.56 bits per heavy atom. The van der Waals surface area contributed by atoms with Crippen LogP contribution >= 0.6 is 0 Å². The van der Waals surface area contributed by atoms with E-state index in [4.69, 9.17) is 4.74 Å². The zero-order valence-electron chi connectivity index (χ0n) is 11.2. The summed E-state index contributed by atoms with van der Waals surface area (Å²) in [6.07, 6.45) is 0. The highest BCUT2D eigenvalue weighted by molar-refractivity contribution is 5.85. The number of carbonyl (C=O) groups excluding carboxylic acids is 2. The van der Waals surface area contributed by atoms with Gasteiger partial charge in [-0.3, -0.25) is 9.59 Å². The Morgan fingerprint density at radius 3 is 2.72 bits per heavy atom. The van der Waals surface area contributed by atoms with Crippen LogP contribution in [0.4, 0.5) is 0 Å². The van der Waals surface area contributed by atoms with Crippen LogP contribution in [0.2, 0.25) is 0 Å². The highest BCUT2D eigenvalue weighted by Gasteiger charge is 2.27. The minimum absolute atomic E-state index is 0.0226. The van der Waals surface area contributed by atoms with Crippen LogP contribution in [-0.4, -0.2) is 60.8 Å². The average Bonchev–Trinajstić information content (AvgIpc) is 2.27. The van der Waals surface area contributed by atoms with Gasteiger partial charge in [0.05, 0.1) is 25.8 Å². The molecule has 0 aromatic rings. The standard InChI is InChI=1S/C12H22N2O4/c1-12(2,3)9(7-15)13-10(16)6-14-4-5-18-8-11(14)17/h9,15H,4-8H2,1-3H3,(H,13,16). The van der Waals surface area contributed by atoms with Crippen molar-refractivity contribution in [1.29, 1.82) is 0 Å². The number of hydrogen-bond acceptors (Lipinski definition) is 4. The van der Waals surface area contributed by atoms with Crippen molar-refractivity contribution in [3.63, 3.8) is 0 Å². The van der Waals surface area contributed by atoms with E-state index in [0.29, 0.717) is 13.2 Å². The Morgan fingerprint density at radius 2 is 2.22 bits per heavy atom. The third kappa shape index (κ3) is 4.27. The summed E-state index contributed by atoms with van der Waals surface area (Å²) in [7, 11) is 0. The molecule has 1 fully saturated rings. The van der Waals surface area contributed by atoms with Crippen molar-refractivity contribution in [3.8, 4) is 0 Å². The van der Waals surface area contributed by atoms with Crippen molar-refractivity contribution in [2.24, 2.45) is 5.41 Å². The van der Waals surface area contributed by atoms with Gasteiger partial charge in [-0.25, -0.2) is 0 Å². The molecular weight excluding hydrogens is 236 g/mol. The minimum atomic E-state index is -0.318. The van der Waals surface area contributed by atoms with E-state index in [9.17, 15) is 14.7 Å². The molecule has 0 spiro atoms. The predicted octanol–water partition coefficient (Wildman–Crippen LogP) is -0.632. The molecule has 0 radical (unpaired) electrons. The summed E-state index contributed by atoms with van der Waals surface area (Å²) in [6, 6.07) is -0.318. The van der Waals surface area contributed by atoms with Gasteiger partial charge in [-0.2, -0.15) is 0 Å². The lowest BCUT2D eigenvalue weighted by Gasteiger charge is -2.31. The highest BCUT2D eigenvalue weighted by atomic mass is 16.5. The van der Waals surface area contributed by atoms with Gasteiger partial charge >= 0.3 is 0 Å². The predicted molar refractivity (Wildman–Crippen MR) is 65.9 cm³/mol. The Bertz CT molecular complexity index is 312. The first-order valence-electron chi connectivity index (χ1n) is 6.10. The van der Waals surface area contributed by atoms with Crippen LogP contribution in [0.25, 0.3) is 0 Å². The van der Waals surface area contributed by atoms with Gasteiger partial charge < -0.3 is 20.1 Å². The van der Waals surface area contributed by atoms with Crippen molar-refractivity contribution in [3.05, 3.63) is 0 Å². The topological polar surface area (TPSA) is 78.9 Å². The number of amides is 2. The van der Waals surface area contributed by atoms with Crippen LogP contribution in [0.15, 0.2) is 0 Å². The van der Waals surface area contributed by atoms with E-state index in [1.165, 1.54) is 4.90 Å². The lowest BCUT2D eigenvalue weighted by atomic mass is 9.87. The SMILES string of the molecule is CC(C)(C)C(CO)NC(=O)CN1CCOCC1=O. The number of carbonyl (C=O) groups is 2. The molecule has 6 heteroatoms. The normalized spacial score (nSPS) is 18.7. The number of rotatable bonds is 4. The smallest absolute Gasteiger partial charge is 0.249 e. The number of aliphatic hydroxyl groups excluding tert-OH is 1. The molecule has 104 valence electrons. The largest absolute Gasteiger partial charge is 0.394 e. The van der Waals surface area contributed by atoms with Crippen molar-refractivity contribution < 1.29 is 19.4 Å². The molecule has 0 aromatic carbocycles. The lowest BCUT2D eigenvalue weighted by molar-refractivity contribution is -0.146. The molecule has 0 aromatic heterocycles. The Labute approximate surface area is 107 Å². The molecule has 18 heavy (non-hydrogen) atoms. The molecule has 0 aliphatic carbocycles. The number of aliphatic hydroxyl groups is 1. The van der Waals surface area contributed by atoms with E-state index in [0.717, 1.165) is 0 Å². The summed E-state index contributed by atoms with van der Waals surface area (Å²) in [5, 5.41) is 12.0. The maximum absolute atomic E-state index is 11.8. The number of nitrogens with one attached hydrogen (secondary N) is 1. The van der Waals surface area contributed by atoms with Gasteiger partial charge in [-0.05, 0) is 5.41 Å². The maximum Gasteiger partial charge on any atom is 0.249 e. The molecule has 2 amide bonds. The van der Waals surface area contributed by atoms with Crippen LogP contribution in [0, 0.1) is 5.41 Å². The van der Waals surface area contributed by atoms with Crippen molar-refractivity contribution in [2.75, 3.05) is 32.9 Å². The molecule has 1 rings (SSSR count). The molecule has 1 aliphatic heterocycles. The van der Waals surface area contributed by atoms with Gasteiger partial charge in [0, 0.05) is 6.54 Å². The summed E-state index contributed by atoms with van der Waals surface area (Å²) in [5.41, 5.74) is -0.223. The first-order chi connectivity index (χ1) is 8.34. The van der Waals surface area contributed by atoms with Crippen molar-refractivity contribution in [2.45, 2.75) is 26.8 Å². The Hall–Kier alpha value is -1.14. The fourth-order valence-electron chi connectivity index (χ4n) is 1.67. The fraction of sp³-hybridized carbons (Fsp3) is 0.833. The molecule has 1 heterocycles. The first kappa shape index (κ1) is 14.9. The monoisotopic (exact) mass is 258 g/mol. The van der Waals surface area contributed by atoms with Crippen LogP contribution in [-0.2, 0) is 14.3 Å². The molecule has 1 unspecified atom stereocenters. The number of morpholine rings is 1. The summed E-state index contributed by atoms with van der Waals surface area (Å²) in [4.78, 5) is 24.7. The molecule has 6 nitrogen and oxygen atoms in total. The van der Waals surface area contributed by atoms with E-state index in [1.54, 1.807) is 0 Å². The highest BCUT2D eigenvalue weighted by Crippen LogP contribution is 2.18. The van der Waals surface area contributed by atoms with Gasteiger partial charge in [0.1, 0.15) is 6.61 Å². The van der Waals surface area contributed by atoms with Gasteiger partial charge in [0.25, 0.3) is 0 Å². The van der Waals surface area contributed by atoms with E-state index in [-0.39, 0.29) is 43.0 Å². The second kappa shape index (κ2) is 6.15. The van der Waals surface area contributed by atoms with E-state index < -0.39 is 0 Å². The van der Waals surface area contributed by atoms with Gasteiger partial charge in [-0.1, -0.05) is 20.8 Å². The van der Waals surface area contributed by atoms with E-state index >= 15 is 0 Å². The van der Waals surface area contributed by atoms with Gasteiger partial charge in [0.15, 0.2) is 0 Å². The zero-order valence-corrected chi connectivity index (χ0v) is 11.2. The third-order valence-corrected chi connectivity index (χ3v) is 2.98.